The van der Waals surface area contributed by atoms with E-state index < -0.39 is 17.7 Å². The van der Waals surface area contributed by atoms with Crippen LogP contribution >= 0.6 is 0 Å². The summed E-state index contributed by atoms with van der Waals surface area (Å²) in [6.07, 6.45) is 3.24. The van der Waals surface area contributed by atoms with Gasteiger partial charge in [0, 0.05) is 12.1 Å². The SMILES string of the molecule is C=CCOc1ccc(/C(O)=C2/C(=O)C(=O)N(CCCN(C)C)C2c2ccc(OCCC)cc2)cc1. The molecule has 1 aliphatic heterocycles. The van der Waals surface area contributed by atoms with Crippen LogP contribution in [-0.2, 0) is 9.59 Å². The molecule has 186 valence electrons. The maximum atomic E-state index is 13.1. The summed E-state index contributed by atoms with van der Waals surface area (Å²) in [6, 6.07) is 13.4. The number of aliphatic hydroxyl groups is 1. The number of aliphatic hydroxyl groups excluding tert-OH is 1. The topological polar surface area (TPSA) is 79.3 Å². The van der Waals surface area contributed by atoms with Gasteiger partial charge in [0.05, 0.1) is 18.2 Å². The van der Waals surface area contributed by atoms with Gasteiger partial charge in [0.2, 0.25) is 0 Å². The van der Waals surface area contributed by atoms with Crippen LogP contribution in [0.4, 0.5) is 0 Å². The van der Waals surface area contributed by atoms with Gasteiger partial charge in [-0.2, -0.15) is 0 Å². The highest BCUT2D eigenvalue weighted by Crippen LogP contribution is 2.40. The summed E-state index contributed by atoms with van der Waals surface area (Å²) in [5.41, 5.74) is 1.27. The number of Topliss-reactive ketones (excluding diaryl/α,β-unsaturated/α-hetero) is 1. The van der Waals surface area contributed by atoms with Gasteiger partial charge in [-0.05, 0) is 75.4 Å². The zero-order chi connectivity index (χ0) is 25.4. The first kappa shape index (κ1) is 26.0. The lowest BCUT2D eigenvalue weighted by Gasteiger charge is -2.26. The second-order valence-corrected chi connectivity index (χ2v) is 8.69. The molecule has 2 aromatic rings. The minimum Gasteiger partial charge on any atom is -0.507 e. The number of hydrogen-bond acceptors (Lipinski definition) is 6. The molecule has 35 heavy (non-hydrogen) atoms. The zero-order valence-electron chi connectivity index (χ0n) is 20.7. The number of carbonyl (C=O) groups excluding carboxylic acids is 2. The number of carbonyl (C=O) groups is 2. The van der Waals surface area contributed by atoms with E-state index in [1.165, 1.54) is 0 Å². The van der Waals surface area contributed by atoms with Crippen molar-refractivity contribution in [2.75, 3.05) is 40.4 Å². The van der Waals surface area contributed by atoms with E-state index in [2.05, 4.69) is 6.58 Å². The Morgan fingerprint density at radius 2 is 1.69 bits per heavy atom. The number of ether oxygens (including phenoxy) is 2. The molecule has 1 saturated heterocycles. The van der Waals surface area contributed by atoms with E-state index >= 15 is 0 Å². The lowest BCUT2D eigenvalue weighted by atomic mass is 9.95. The van der Waals surface area contributed by atoms with Crippen LogP contribution < -0.4 is 9.47 Å². The van der Waals surface area contributed by atoms with Crippen LogP contribution in [0.25, 0.3) is 5.76 Å². The first-order valence-electron chi connectivity index (χ1n) is 11.9. The third kappa shape index (κ3) is 6.31. The second-order valence-electron chi connectivity index (χ2n) is 8.69. The van der Waals surface area contributed by atoms with E-state index in [0.717, 1.165) is 24.3 Å². The van der Waals surface area contributed by atoms with Crippen molar-refractivity contribution in [2.24, 2.45) is 0 Å². The highest BCUT2D eigenvalue weighted by molar-refractivity contribution is 6.46. The average molecular weight is 479 g/mol. The first-order chi connectivity index (χ1) is 16.9. The Morgan fingerprint density at radius 1 is 1.06 bits per heavy atom. The lowest BCUT2D eigenvalue weighted by Crippen LogP contribution is -2.32. The van der Waals surface area contributed by atoms with Gasteiger partial charge in [0.25, 0.3) is 11.7 Å². The molecule has 0 aliphatic carbocycles. The molecule has 7 heteroatoms. The number of amides is 1. The molecule has 1 N–H and O–H groups in total. The van der Waals surface area contributed by atoms with Crippen molar-refractivity contribution in [2.45, 2.75) is 25.8 Å². The molecule has 1 atom stereocenters. The fourth-order valence-electron chi connectivity index (χ4n) is 4.00. The standard InChI is InChI=1S/C28H34N2O5/c1-5-18-34-22-12-8-20(9-13-22)25-24(27(32)28(33)30(25)17-7-16-29(3)4)26(31)21-10-14-23(15-11-21)35-19-6-2/h6,8-15,25,31H,2,5,7,16-19H2,1,3-4H3/b26-24-. The van der Waals surface area contributed by atoms with Crippen molar-refractivity contribution in [1.82, 2.24) is 9.80 Å². The van der Waals surface area contributed by atoms with Gasteiger partial charge in [-0.3, -0.25) is 9.59 Å². The largest absolute Gasteiger partial charge is 0.507 e. The zero-order valence-corrected chi connectivity index (χ0v) is 20.7. The van der Waals surface area contributed by atoms with E-state index in [9.17, 15) is 14.7 Å². The normalized spacial score (nSPS) is 17.1. The van der Waals surface area contributed by atoms with Gasteiger partial charge in [-0.1, -0.05) is 31.7 Å². The van der Waals surface area contributed by atoms with E-state index in [1.54, 1.807) is 35.2 Å². The number of likely N-dealkylation sites (tertiary alicyclic amines) is 1. The summed E-state index contributed by atoms with van der Waals surface area (Å²) >= 11 is 0. The average Bonchev–Trinajstić information content (AvgIpc) is 3.11. The molecule has 1 amide bonds. The van der Waals surface area contributed by atoms with Gasteiger partial charge < -0.3 is 24.4 Å². The molecule has 1 heterocycles. The molecule has 1 unspecified atom stereocenters. The van der Waals surface area contributed by atoms with Gasteiger partial charge in [-0.15, -0.1) is 0 Å². The molecule has 2 aromatic carbocycles. The van der Waals surface area contributed by atoms with E-state index in [4.69, 9.17) is 9.47 Å². The third-order valence-corrected chi connectivity index (χ3v) is 5.71. The number of benzene rings is 2. The summed E-state index contributed by atoms with van der Waals surface area (Å²) in [4.78, 5) is 29.8. The highest BCUT2D eigenvalue weighted by atomic mass is 16.5. The van der Waals surface area contributed by atoms with Crippen LogP contribution in [0.5, 0.6) is 11.5 Å². The summed E-state index contributed by atoms with van der Waals surface area (Å²) < 4.78 is 11.2. The predicted molar refractivity (Wildman–Crippen MR) is 137 cm³/mol. The molecular weight excluding hydrogens is 444 g/mol. The van der Waals surface area contributed by atoms with Crippen LogP contribution in [0.15, 0.2) is 66.8 Å². The Balaban J connectivity index is 2.00. The maximum Gasteiger partial charge on any atom is 0.295 e. The molecular formula is C28H34N2O5. The summed E-state index contributed by atoms with van der Waals surface area (Å²) in [5, 5.41) is 11.2. The summed E-state index contributed by atoms with van der Waals surface area (Å²) in [6.45, 7) is 7.80. The van der Waals surface area contributed by atoms with Gasteiger partial charge in [0.15, 0.2) is 0 Å². The molecule has 0 aromatic heterocycles. The van der Waals surface area contributed by atoms with Crippen molar-refractivity contribution in [3.63, 3.8) is 0 Å². The van der Waals surface area contributed by atoms with Crippen LogP contribution in [0.3, 0.4) is 0 Å². The summed E-state index contributed by atoms with van der Waals surface area (Å²) in [5.74, 6) is -0.159. The summed E-state index contributed by atoms with van der Waals surface area (Å²) in [7, 11) is 3.92. The molecule has 0 radical (unpaired) electrons. The Labute approximate surface area is 207 Å². The van der Waals surface area contributed by atoms with Crippen molar-refractivity contribution in [3.8, 4) is 11.5 Å². The predicted octanol–water partition coefficient (Wildman–Crippen LogP) is 4.41. The van der Waals surface area contributed by atoms with Crippen molar-refractivity contribution < 1.29 is 24.2 Å². The van der Waals surface area contributed by atoms with Crippen LogP contribution in [0, 0.1) is 0 Å². The van der Waals surface area contributed by atoms with Crippen molar-refractivity contribution in [1.29, 1.82) is 0 Å². The molecule has 7 nitrogen and oxygen atoms in total. The number of ketones is 1. The van der Waals surface area contributed by atoms with E-state index in [-0.39, 0.29) is 11.3 Å². The smallest absolute Gasteiger partial charge is 0.295 e. The van der Waals surface area contributed by atoms with Crippen LogP contribution in [0.1, 0.15) is 36.9 Å². The molecule has 3 rings (SSSR count). The molecule has 1 aliphatic rings. The molecule has 1 fully saturated rings. The van der Waals surface area contributed by atoms with Crippen LogP contribution in [0.2, 0.25) is 0 Å². The molecule has 0 saturated carbocycles. The Hall–Kier alpha value is -3.58. The second kappa shape index (κ2) is 12.2. The fourth-order valence-corrected chi connectivity index (χ4v) is 4.00. The Kier molecular flexibility index (Phi) is 9.09. The Morgan fingerprint density at radius 3 is 2.29 bits per heavy atom. The molecule has 0 spiro atoms. The van der Waals surface area contributed by atoms with Crippen molar-refractivity contribution >= 4 is 17.4 Å². The highest BCUT2D eigenvalue weighted by Gasteiger charge is 2.45. The molecule has 0 bridgehead atoms. The fraction of sp³-hybridized carbons (Fsp3) is 0.357. The maximum absolute atomic E-state index is 13.1. The van der Waals surface area contributed by atoms with Crippen molar-refractivity contribution in [3.05, 3.63) is 77.9 Å². The number of nitrogens with zero attached hydrogens (tertiary/aromatic N) is 2. The lowest BCUT2D eigenvalue weighted by molar-refractivity contribution is -0.139. The quantitative estimate of drug-likeness (QED) is 0.211. The Bertz CT molecular complexity index is 1060. The van der Waals surface area contributed by atoms with Crippen LogP contribution in [-0.4, -0.2) is 67.0 Å². The number of hydrogen-bond donors (Lipinski definition) is 1. The number of rotatable bonds is 12. The minimum atomic E-state index is -0.686. The first-order valence-corrected chi connectivity index (χ1v) is 11.9. The van der Waals surface area contributed by atoms with Gasteiger partial charge in [0.1, 0.15) is 23.9 Å². The van der Waals surface area contributed by atoms with E-state index in [0.29, 0.717) is 37.5 Å². The van der Waals surface area contributed by atoms with Gasteiger partial charge >= 0.3 is 0 Å². The monoisotopic (exact) mass is 478 g/mol. The van der Waals surface area contributed by atoms with E-state index in [1.807, 2.05) is 50.2 Å². The van der Waals surface area contributed by atoms with Gasteiger partial charge in [-0.25, -0.2) is 0 Å². The minimum absolute atomic E-state index is 0.0850. The third-order valence-electron chi connectivity index (χ3n) is 5.71.